The highest BCUT2D eigenvalue weighted by Crippen LogP contribution is 2.19. The van der Waals surface area contributed by atoms with Crippen LogP contribution in [0.5, 0.6) is 0 Å². The highest BCUT2D eigenvalue weighted by Gasteiger charge is 2.21. The van der Waals surface area contributed by atoms with Crippen LogP contribution in [-0.4, -0.2) is 31.3 Å². The number of halogens is 1. The van der Waals surface area contributed by atoms with Crippen molar-refractivity contribution in [2.45, 2.75) is 25.3 Å². The van der Waals surface area contributed by atoms with Crippen LogP contribution < -0.4 is 5.14 Å². The zero-order chi connectivity index (χ0) is 22.8. The highest BCUT2D eigenvalue weighted by molar-refractivity contribution is 7.89. The van der Waals surface area contributed by atoms with Crippen LogP contribution in [0.15, 0.2) is 59.5 Å². The van der Waals surface area contributed by atoms with Gasteiger partial charge >= 0.3 is 5.97 Å². The number of Topliss-reactive ketones (excluding diaryl/α,β-unsaturated/α-hetero) is 1. The number of ether oxygens (including phenoxy) is 1. The molecule has 31 heavy (non-hydrogen) atoms. The third-order valence-electron chi connectivity index (χ3n) is 4.88. The van der Waals surface area contributed by atoms with Crippen LogP contribution in [0.4, 0.5) is 4.39 Å². The first kappa shape index (κ1) is 22.4. The van der Waals surface area contributed by atoms with Gasteiger partial charge in [-0.3, -0.25) is 4.79 Å². The third kappa shape index (κ3) is 5.07. The SMILES string of the molecule is Cc1cc(C(=O)COC(=O)c2cc(S(N)(=O)=O)ccc2F)c(C)n1Cc1ccccc1. The Bertz CT molecular complexity index is 1250. The van der Waals surface area contributed by atoms with Gasteiger partial charge in [0.25, 0.3) is 0 Å². The molecule has 2 aromatic carbocycles. The second-order valence-electron chi connectivity index (χ2n) is 7.04. The summed E-state index contributed by atoms with van der Waals surface area (Å²) in [4.78, 5) is 24.4. The molecule has 162 valence electrons. The fourth-order valence-corrected chi connectivity index (χ4v) is 3.76. The monoisotopic (exact) mass is 444 g/mol. The lowest BCUT2D eigenvalue weighted by Gasteiger charge is -2.10. The van der Waals surface area contributed by atoms with E-state index in [1.807, 2.05) is 41.8 Å². The van der Waals surface area contributed by atoms with Gasteiger partial charge < -0.3 is 9.30 Å². The van der Waals surface area contributed by atoms with Gasteiger partial charge in [0, 0.05) is 23.5 Å². The average Bonchev–Trinajstić information content (AvgIpc) is 3.00. The number of sulfonamides is 1. The lowest BCUT2D eigenvalue weighted by molar-refractivity contribution is 0.0469. The van der Waals surface area contributed by atoms with E-state index in [4.69, 9.17) is 9.88 Å². The van der Waals surface area contributed by atoms with Gasteiger partial charge in [-0.2, -0.15) is 0 Å². The largest absolute Gasteiger partial charge is 0.454 e. The lowest BCUT2D eigenvalue weighted by atomic mass is 10.1. The Balaban J connectivity index is 1.74. The minimum Gasteiger partial charge on any atom is -0.454 e. The number of aromatic nitrogens is 1. The van der Waals surface area contributed by atoms with Gasteiger partial charge in [0.1, 0.15) is 5.82 Å². The number of carbonyl (C=O) groups is 2. The van der Waals surface area contributed by atoms with Crippen molar-refractivity contribution in [3.63, 3.8) is 0 Å². The van der Waals surface area contributed by atoms with E-state index >= 15 is 0 Å². The second kappa shape index (κ2) is 8.83. The molecule has 0 saturated heterocycles. The van der Waals surface area contributed by atoms with Crippen LogP contribution in [0.2, 0.25) is 0 Å². The number of nitrogens with zero attached hydrogens (tertiary/aromatic N) is 1. The zero-order valence-electron chi connectivity index (χ0n) is 17.0. The Morgan fingerprint density at radius 2 is 1.71 bits per heavy atom. The van der Waals surface area contributed by atoms with E-state index in [1.54, 1.807) is 13.0 Å². The van der Waals surface area contributed by atoms with Gasteiger partial charge in [-0.25, -0.2) is 22.7 Å². The summed E-state index contributed by atoms with van der Waals surface area (Å²) in [5.74, 6) is -2.59. The standard InChI is InChI=1S/C22H21FN2O5S/c1-14-10-18(15(2)25(14)12-16-6-4-3-5-7-16)21(26)13-30-22(27)19-11-17(31(24,28)29)8-9-20(19)23/h3-11H,12-13H2,1-2H3,(H2,24,28,29). The maximum Gasteiger partial charge on any atom is 0.341 e. The van der Waals surface area contributed by atoms with Crippen LogP contribution in [0.25, 0.3) is 0 Å². The Labute approximate surface area is 179 Å². The van der Waals surface area contributed by atoms with Gasteiger partial charge in [-0.1, -0.05) is 30.3 Å². The molecule has 1 aromatic heterocycles. The van der Waals surface area contributed by atoms with Gasteiger partial charge in [0.05, 0.1) is 10.5 Å². The van der Waals surface area contributed by atoms with Crippen molar-refractivity contribution in [3.8, 4) is 0 Å². The quantitative estimate of drug-likeness (QED) is 0.445. The van der Waals surface area contributed by atoms with Gasteiger partial charge in [0.2, 0.25) is 15.8 Å². The molecule has 0 bridgehead atoms. The van der Waals surface area contributed by atoms with Gasteiger partial charge in [0.15, 0.2) is 6.61 Å². The number of primary sulfonamides is 1. The molecule has 0 saturated carbocycles. The van der Waals surface area contributed by atoms with Crippen LogP contribution in [0.3, 0.4) is 0 Å². The summed E-state index contributed by atoms with van der Waals surface area (Å²) in [5.41, 5.74) is 2.42. The van der Waals surface area contributed by atoms with Crippen molar-refractivity contribution in [1.82, 2.24) is 4.57 Å². The molecular formula is C22H21FN2O5S. The van der Waals surface area contributed by atoms with Crippen molar-refractivity contribution < 1.29 is 27.1 Å². The molecule has 2 N–H and O–H groups in total. The highest BCUT2D eigenvalue weighted by atomic mass is 32.2. The molecule has 1 heterocycles. The van der Waals surface area contributed by atoms with Crippen LogP contribution in [0, 0.1) is 19.7 Å². The van der Waals surface area contributed by atoms with Crippen molar-refractivity contribution in [2.75, 3.05) is 6.61 Å². The smallest absolute Gasteiger partial charge is 0.341 e. The van der Waals surface area contributed by atoms with Crippen molar-refractivity contribution in [1.29, 1.82) is 0 Å². The third-order valence-corrected chi connectivity index (χ3v) is 5.79. The number of ketones is 1. The summed E-state index contributed by atoms with van der Waals surface area (Å²) in [7, 11) is -4.13. The lowest BCUT2D eigenvalue weighted by Crippen LogP contribution is -2.18. The van der Waals surface area contributed by atoms with E-state index in [2.05, 4.69) is 0 Å². The summed E-state index contributed by atoms with van der Waals surface area (Å²) in [6.07, 6.45) is 0. The minimum atomic E-state index is -4.13. The number of rotatable bonds is 7. The Morgan fingerprint density at radius 3 is 2.35 bits per heavy atom. The number of nitrogens with two attached hydrogens (primary N) is 1. The number of aryl methyl sites for hydroxylation is 1. The van der Waals surface area contributed by atoms with E-state index in [1.165, 1.54) is 0 Å². The predicted octanol–water partition coefficient (Wildman–Crippen LogP) is 2.98. The number of carbonyl (C=O) groups excluding carboxylic acids is 2. The van der Waals surface area contributed by atoms with Crippen LogP contribution in [0.1, 0.15) is 37.7 Å². The number of hydrogen-bond acceptors (Lipinski definition) is 5. The van der Waals surface area contributed by atoms with Gasteiger partial charge in [-0.15, -0.1) is 0 Å². The number of hydrogen-bond donors (Lipinski definition) is 1. The second-order valence-corrected chi connectivity index (χ2v) is 8.60. The number of esters is 1. The van der Waals surface area contributed by atoms with Crippen molar-refractivity contribution in [3.05, 3.63) is 88.5 Å². The molecule has 9 heteroatoms. The van der Waals surface area contributed by atoms with E-state index < -0.39 is 44.7 Å². The van der Waals surface area contributed by atoms with E-state index in [9.17, 15) is 22.4 Å². The molecule has 0 aliphatic heterocycles. The fourth-order valence-electron chi connectivity index (χ4n) is 3.22. The first-order valence-electron chi connectivity index (χ1n) is 9.31. The molecule has 3 rings (SSSR count). The molecule has 0 aliphatic carbocycles. The Hall–Kier alpha value is -3.30. The summed E-state index contributed by atoms with van der Waals surface area (Å²) in [5, 5.41) is 5.00. The molecule has 0 fully saturated rings. The zero-order valence-corrected chi connectivity index (χ0v) is 17.8. The van der Waals surface area contributed by atoms with E-state index in [0.29, 0.717) is 17.8 Å². The first-order valence-corrected chi connectivity index (χ1v) is 10.9. The molecule has 0 spiro atoms. The Kier molecular flexibility index (Phi) is 6.37. The molecule has 7 nitrogen and oxygen atoms in total. The summed E-state index contributed by atoms with van der Waals surface area (Å²) >= 11 is 0. The minimum absolute atomic E-state index is 0.389. The predicted molar refractivity (Wildman–Crippen MR) is 112 cm³/mol. The molecule has 0 amide bonds. The topological polar surface area (TPSA) is 108 Å². The molecule has 0 aliphatic rings. The van der Waals surface area contributed by atoms with Crippen LogP contribution in [-0.2, 0) is 21.3 Å². The summed E-state index contributed by atoms with van der Waals surface area (Å²) in [6.45, 7) is 3.62. The van der Waals surface area contributed by atoms with Gasteiger partial charge in [-0.05, 0) is 43.7 Å². The molecular weight excluding hydrogens is 423 g/mol. The molecule has 0 radical (unpaired) electrons. The molecule has 0 atom stereocenters. The summed E-state index contributed by atoms with van der Waals surface area (Å²) < 4.78 is 43.7. The van der Waals surface area contributed by atoms with Crippen LogP contribution >= 0.6 is 0 Å². The van der Waals surface area contributed by atoms with Crippen molar-refractivity contribution >= 4 is 21.8 Å². The molecule has 3 aromatic rings. The van der Waals surface area contributed by atoms with E-state index in [0.717, 1.165) is 29.5 Å². The normalized spacial score (nSPS) is 11.4. The maximum atomic E-state index is 14.0. The Morgan fingerprint density at radius 1 is 1.03 bits per heavy atom. The average molecular weight is 444 g/mol. The van der Waals surface area contributed by atoms with Crippen molar-refractivity contribution in [2.24, 2.45) is 5.14 Å². The number of benzene rings is 2. The first-order chi connectivity index (χ1) is 14.6. The summed E-state index contributed by atoms with van der Waals surface area (Å²) in [6, 6.07) is 14.0. The van der Waals surface area contributed by atoms with E-state index in [-0.39, 0.29) is 0 Å². The maximum absolute atomic E-state index is 14.0. The fraction of sp³-hybridized carbons (Fsp3) is 0.182. The molecule has 0 unspecified atom stereocenters.